The molecule has 2 N–H and O–H groups in total. The summed E-state index contributed by atoms with van der Waals surface area (Å²) >= 11 is 1.41. The first-order chi connectivity index (χ1) is 17.9. The van der Waals surface area contributed by atoms with Gasteiger partial charge in [0, 0.05) is 35.0 Å². The van der Waals surface area contributed by atoms with Crippen LogP contribution in [0.25, 0.3) is 11.3 Å². The summed E-state index contributed by atoms with van der Waals surface area (Å²) in [5, 5.41) is 10.6. The lowest BCUT2D eigenvalue weighted by Crippen LogP contribution is -2.62. The highest BCUT2D eigenvalue weighted by atomic mass is 32.2. The third-order valence-corrected chi connectivity index (χ3v) is 8.12. The number of nitrogens with zero attached hydrogens (tertiary/aromatic N) is 2. The average molecular weight is 528 g/mol. The van der Waals surface area contributed by atoms with Gasteiger partial charge in [-0.1, -0.05) is 18.2 Å². The molecule has 0 bridgehead atoms. The Hall–Kier alpha value is -3.41. The summed E-state index contributed by atoms with van der Waals surface area (Å²) in [5.41, 5.74) is 4.18. The molecule has 37 heavy (non-hydrogen) atoms. The van der Waals surface area contributed by atoms with Crippen LogP contribution in [0.15, 0.2) is 46.1 Å². The molecule has 3 aromatic rings. The van der Waals surface area contributed by atoms with E-state index in [9.17, 15) is 19.1 Å². The van der Waals surface area contributed by atoms with Crippen molar-refractivity contribution in [2.24, 2.45) is 0 Å². The lowest BCUT2D eigenvalue weighted by Gasteiger charge is -2.44. The normalized spacial score (nSPS) is 20.3. The number of fused-ring (bicyclic) bond motifs is 4. The molecule has 2 atom stereocenters. The number of aromatic nitrogens is 1. The van der Waals surface area contributed by atoms with E-state index in [-0.39, 0.29) is 54.1 Å². The molecule has 1 aromatic heterocycles. The monoisotopic (exact) mass is 527 g/mol. The Bertz CT molecular complexity index is 1490. The molecule has 4 heterocycles. The van der Waals surface area contributed by atoms with Gasteiger partial charge in [-0.15, -0.1) is 11.8 Å². The second-order valence-electron chi connectivity index (χ2n) is 9.19. The van der Waals surface area contributed by atoms with E-state index < -0.39 is 34.9 Å². The second kappa shape index (κ2) is 9.16. The number of carbonyl (C=O) groups excluding carboxylic acids is 1. The van der Waals surface area contributed by atoms with Gasteiger partial charge in [0.05, 0.1) is 31.6 Å². The Balaban J connectivity index is 1.54. The number of ether oxygens (including phenoxy) is 2. The van der Waals surface area contributed by atoms with Crippen molar-refractivity contribution < 1.29 is 28.2 Å². The van der Waals surface area contributed by atoms with Gasteiger partial charge in [0.15, 0.2) is 23.1 Å². The van der Waals surface area contributed by atoms with Gasteiger partial charge in [0.2, 0.25) is 5.43 Å². The maximum absolute atomic E-state index is 15.0. The van der Waals surface area contributed by atoms with Gasteiger partial charge in [0.1, 0.15) is 6.17 Å². The van der Waals surface area contributed by atoms with Crippen molar-refractivity contribution >= 4 is 17.7 Å². The number of pyridine rings is 1. The van der Waals surface area contributed by atoms with Crippen molar-refractivity contribution in [2.75, 3.05) is 32.3 Å². The van der Waals surface area contributed by atoms with E-state index in [1.807, 2.05) is 24.3 Å². The van der Waals surface area contributed by atoms with E-state index in [0.717, 1.165) is 22.6 Å². The highest BCUT2D eigenvalue weighted by Crippen LogP contribution is 2.40. The summed E-state index contributed by atoms with van der Waals surface area (Å²) < 4.78 is 42.2. The zero-order valence-corrected chi connectivity index (χ0v) is 20.6. The average Bonchev–Trinajstić information content (AvgIpc) is 3.09. The Morgan fingerprint density at radius 2 is 2.03 bits per heavy atom. The molecule has 192 valence electrons. The van der Waals surface area contributed by atoms with Crippen LogP contribution in [-0.2, 0) is 21.6 Å². The zero-order chi connectivity index (χ0) is 25.8. The minimum Gasteiger partial charge on any atom is -0.502 e. The number of rotatable bonds is 3. The molecule has 6 rings (SSSR count). The number of methoxy groups -OCH3 is 1. The van der Waals surface area contributed by atoms with Gasteiger partial charge < -0.3 is 24.9 Å². The highest BCUT2D eigenvalue weighted by molar-refractivity contribution is 7.98. The topological polar surface area (TPSA) is 93.0 Å². The van der Waals surface area contributed by atoms with E-state index in [4.69, 9.17) is 9.47 Å². The minimum absolute atomic E-state index is 0.130. The number of thioether (sulfide) groups is 1. The first-order valence-electron chi connectivity index (χ1n) is 11.7. The molecule has 0 radical (unpaired) electrons. The third-order valence-electron chi connectivity index (χ3n) is 6.97. The van der Waals surface area contributed by atoms with E-state index >= 15 is 4.39 Å². The number of hydrogen-bond donors (Lipinski definition) is 2. The number of aromatic hydroxyl groups is 1. The fraction of sp³-hybridized carbons (Fsp3) is 0.308. The SMILES string of the molecule is COCC1CN2C(=O)c3c(O)c(=O)cc(-c4cc(F)c(F)c5c4Cc4ccccc4SC5)n3NC2CO1. The Morgan fingerprint density at radius 3 is 2.84 bits per heavy atom. The number of benzene rings is 2. The molecular formula is C26H23F2N3O5S. The predicted molar refractivity (Wildman–Crippen MR) is 132 cm³/mol. The van der Waals surface area contributed by atoms with Crippen LogP contribution in [0.4, 0.5) is 8.78 Å². The first-order valence-corrected chi connectivity index (χ1v) is 12.7. The van der Waals surface area contributed by atoms with Gasteiger partial charge in [-0.05, 0) is 29.7 Å². The number of morpholine rings is 1. The van der Waals surface area contributed by atoms with Gasteiger partial charge in [-0.2, -0.15) is 0 Å². The van der Waals surface area contributed by atoms with Crippen molar-refractivity contribution in [2.45, 2.75) is 29.3 Å². The molecule has 3 aliphatic heterocycles. The van der Waals surface area contributed by atoms with Gasteiger partial charge in [-0.25, -0.2) is 13.5 Å². The van der Waals surface area contributed by atoms with Crippen LogP contribution >= 0.6 is 11.8 Å². The standard InChI is InChI=1S/C26H23F2N3O5S/c1-35-10-14-9-30-22(11-36-14)29-31-19(8-20(32)25(33)24(31)26(30)34)16-7-18(27)23(28)17-12-37-21-5-3-2-4-13(21)6-15(16)17/h2-5,7-8,14,22,29,33H,6,9-12H2,1H3. The summed E-state index contributed by atoms with van der Waals surface area (Å²) in [6.45, 7) is 0.595. The molecule has 0 spiro atoms. The Kier molecular flexibility index (Phi) is 5.93. The Labute approximate surface area is 214 Å². The van der Waals surface area contributed by atoms with Crippen molar-refractivity contribution in [3.05, 3.63) is 80.6 Å². The maximum atomic E-state index is 15.0. The smallest absolute Gasteiger partial charge is 0.278 e. The number of hydrogen-bond acceptors (Lipinski definition) is 7. The Morgan fingerprint density at radius 1 is 1.22 bits per heavy atom. The van der Waals surface area contributed by atoms with Crippen LogP contribution in [0.1, 0.15) is 27.2 Å². The fourth-order valence-corrected chi connectivity index (χ4v) is 6.28. The number of carbonyl (C=O) groups is 1. The van der Waals surface area contributed by atoms with Crippen LogP contribution in [0.3, 0.4) is 0 Å². The maximum Gasteiger partial charge on any atom is 0.278 e. The lowest BCUT2D eigenvalue weighted by atomic mass is 9.92. The largest absolute Gasteiger partial charge is 0.502 e. The van der Waals surface area contributed by atoms with Crippen molar-refractivity contribution in [1.82, 2.24) is 9.58 Å². The fourth-order valence-electron chi connectivity index (χ4n) is 5.18. The first kappa shape index (κ1) is 24.0. The number of halogens is 2. The van der Waals surface area contributed by atoms with Crippen LogP contribution < -0.4 is 10.9 Å². The van der Waals surface area contributed by atoms with E-state index in [0.29, 0.717) is 12.0 Å². The summed E-state index contributed by atoms with van der Waals surface area (Å²) in [5.74, 6) is -3.07. The predicted octanol–water partition coefficient (Wildman–Crippen LogP) is 3.07. The number of amides is 1. The highest BCUT2D eigenvalue weighted by Gasteiger charge is 2.41. The van der Waals surface area contributed by atoms with Gasteiger partial charge >= 0.3 is 0 Å². The summed E-state index contributed by atoms with van der Waals surface area (Å²) in [6, 6.07) is 9.82. The van der Waals surface area contributed by atoms with Gasteiger partial charge in [0.25, 0.3) is 5.91 Å². The van der Waals surface area contributed by atoms with Crippen LogP contribution in [0, 0.1) is 11.6 Å². The molecule has 0 saturated carbocycles. The van der Waals surface area contributed by atoms with E-state index in [1.54, 1.807) is 0 Å². The number of nitrogens with one attached hydrogen (secondary N) is 1. The van der Waals surface area contributed by atoms with Crippen LogP contribution in [-0.4, -0.2) is 59.7 Å². The van der Waals surface area contributed by atoms with Crippen molar-refractivity contribution in [3.8, 4) is 17.0 Å². The molecular weight excluding hydrogens is 504 g/mol. The summed E-state index contributed by atoms with van der Waals surface area (Å²) in [4.78, 5) is 28.8. The third kappa shape index (κ3) is 3.89. The van der Waals surface area contributed by atoms with E-state index in [1.165, 1.54) is 28.4 Å². The van der Waals surface area contributed by atoms with Crippen LogP contribution in [0.2, 0.25) is 0 Å². The zero-order valence-electron chi connectivity index (χ0n) is 19.8. The molecule has 8 nitrogen and oxygen atoms in total. The van der Waals surface area contributed by atoms with Crippen molar-refractivity contribution in [1.29, 1.82) is 0 Å². The molecule has 0 aliphatic carbocycles. The second-order valence-corrected chi connectivity index (χ2v) is 10.2. The molecule has 3 aliphatic rings. The molecule has 11 heteroatoms. The minimum atomic E-state index is -1.05. The van der Waals surface area contributed by atoms with Crippen molar-refractivity contribution in [3.63, 3.8) is 0 Å². The lowest BCUT2D eigenvalue weighted by molar-refractivity contribution is -0.0767. The molecule has 1 saturated heterocycles. The van der Waals surface area contributed by atoms with E-state index in [2.05, 4.69) is 5.43 Å². The quantitative estimate of drug-likeness (QED) is 0.541. The summed E-state index contributed by atoms with van der Waals surface area (Å²) in [7, 11) is 1.53. The molecule has 2 unspecified atom stereocenters. The summed E-state index contributed by atoms with van der Waals surface area (Å²) in [6.07, 6.45) is -0.662. The van der Waals surface area contributed by atoms with Crippen LogP contribution in [0.5, 0.6) is 5.75 Å². The molecule has 1 amide bonds. The van der Waals surface area contributed by atoms with Gasteiger partial charge in [-0.3, -0.25) is 9.59 Å². The molecule has 1 fully saturated rings. The molecule has 2 aromatic carbocycles.